The summed E-state index contributed by atoms with van der Waals surface area (Å²) in [4.78, 5) is 10.4. The summed E-state index contributed by atoms with van der Waals surface area (Å²) in [5, 5.41) is 0.400. The Kier molecular flexibility index (Phi) is 5.33. The molecule has 1 saturated carbocycles. The first-order valence-electron chi connectivity index (χ1n) is 8.62. The lowest BCUT2D eigenvalue weighted by Gasteiger charge is -2.22. The number of hydrogen-bond donors (Lipinski definition) is 1. The molecule has 2 aromatic carbocycles. The van der Waals surface area contributed by atoms with Crippen molar-refractivity contribution >= 4 is 18.5 Å². The summed E-state index contributed by atoms with van der Waals surface area (Å²) in [7, 11) is -3.69. The van der Waals surface area contributed by atoms with Gasteiger partial charge < -0.3 is 4.89 Å². The zero-order valence-corrected chi connectivity index (χ0v) is 15.0. The Morgan fingerprint density at radius 3 is 2.17 bits per heavy atom. The summed E-state index contributed by atoms with van der Waals surface area (Å²) in [6, 6.07) is 17.2. The molecule has 3 rings (SSSR count). The van der Waals surface area contributed by atoms with Gasteiger partial charge in [-0.05, 0) is 48.9 Å². The molecule has 126 valence electrons. The number of nitrogens with zero attached hydrogens (tertiary/aromatic N) is 1. The van der Waals surface area contributed by atoms with Crippen LogP contribution in [0.25, 0.3) is 11.1 Å². The molecule has 24 heavy (non-hydrogen) atoms. The maximum atomic E-state index is 12.7. The lowest BCUT2D eigenvalue weighted by Crippen LogP contribution is -2.16. The molecule has 1 atom stereocenters. The monoisotopic (exact) mass is 341 g/mol. The van der Waals surface area contributed by atoms with E-state index in [1.165, 1.54) is 19.3 Å². The molecule has 1 N–H and O–H groups in total. The Balaban J connectivity index is 1.80. The standard InChI is InChI=1S/C20H24NO2P/c1-16(17-8-4-2-5-9-17)21-24(22,23)20-14-12-19(13-15-20)18-10-6-3-7-11-18/h3,6-7,10-15,17H,2,4-5,8-9H2,1H3,(H,22,23). The Morgan fingerprint density at radius 1 is 0.958 bits per heavy atom. The second-order valence-electron chi connectivity index (χ2n) is 6.53. The fraction of sp³-hybridized carbons (Fsp3) is 0.350. The highest BCUT2D eigenvalue weighted by Crippen LogP contribution is 2.43. The van der Waals surface area contributed by atoms with Gasteiger partial charge in [-0.25, -0.2) is 4.76 Å². The van der Waals surface area contributed by atoms with Crippen molar-refractivity contribution in [2.24, 2.45) is 10.7 Å². The van der Waals surface area contributed by atoms with E-state index in [0.29, 0.717) is 11.2 Å². The van der Waals surface area contributed by atoms with E-state index in [-0.39, 0.29) is 0 Å². The van der Waals surface area contributed by atoms with Crippen molar-refractivity contribution in [3.05, 3.63) is 54.6 Å². The lowest BCUT2D eigenvalue weighted by atomic mass is 9.86. The van der Waals surface area contributed by atoms with Crippen LogP contribution in [-0.4, -0.2) is 10.6 Å². The molecule has 2 aromatic rings. The average molecular weight is 341 g/mol. The molecule has 0 radical (unpaired) electrons. The summed E-state index contributed by atoms with van der Waals surface area (Å²) < 4.78 is 16.9. The molecule has 0 heterocycles. The van der Waals surface area contributed by atoms with Gasteiger partial charge in [0.1, 0.15) is 0 Å². The highest BCUT2D eigenvalue weighted by atomic mass is 31.2. The molecular formula is C20H24NO2P. The Morgan fingerprint density at radius 2 is 1.54 bits per heavy atom. The zero-order valence-electron chi connectivity index (χ0n) is 14.1. The van der Waals surface area contributed by atoms with Crippen molar-refractivity contribution in [3.8, 4) is 11.1 Å². The third-order valence-electron chi connectivity index (χ3n) is 4.80. The van der Waals surface area contributed by atoms with Gasteiger partial charge in [-0.2, -0.15) is 0 Å². The van der Waals surface area contributed by atoms with Gasteiger partial charge in [-0.3, -0.25) is 4.57 Å². The van der Waals surface area contributed by atoms with Crippen molar-refractivity contribution in [1.82, 2.24) is 0 Å². The fourth-order valence-electron chi connectivity index (χ4n) is 3.35. The van der Waals surface area contributed by atoms with Crippen LogP contribution in [0.3, 0.4) is 0 Å². The van der Waals surface area contributed by atoms with Gasteiger partial charge >= 0.3 is 7.52 Å². The van der Waals surface area contributed by atoms with Crippen molar-refractivity contribution in [1.29, 1.82) is 0 Å². The molecule has 3 nitrogen and oxygen atoms in total. The van der Waals surface area contributed by atoms with Crippen molar-refractivity contribution < 1.29 is 9.46 Å². The summed E-state index contributed by atoms with van der Waals surface area (Å²) in [6.45, 7) is 1.90. The Labute approximate surface area is 144 Å². The quantitative estimate of drug-likeness (QED) is 0.613. The molecule has 1 fully saturated rings. The van der Waals surface area contributed by atoms with Crippen molar-refractivity contribution in [2.75, 3.05) is 0 Å². The molecular weight excluding hydrogens is 317 g/mol. The second kappa shape index (κ2) is 7.46. The molecule has 0 bridgehead atoms. The summed E-state index contributed by atoms with van der Waals surface area (Å²) in [5.74, 6) is 0.364. The molecule has 1 aliphatic carbocycles. The van der Waals surface area contributed by atoms with E-state index in [4.69, 9.17) is 0 Å². The van der Waals surface area contributed by atoms with Gasteiger partial charge in [-0.15, -0.1) is 0 Å². The van der Waals surface area contributed by atoms with Crippen molar-refractivity contribution in [2.45, 2.75) is 39.0 Å². The van der Waals surface area contributed by atoms with Crippen LogP contribution in [0.4, 0.5) is 0 Å². The van der Waals surface area contributed by atoms with Crippen LogP contribution < -0.4 is 5.30 Å². The van der Waals surface area contributed by atoms with E-state index >= 15 is 0 Å². The average Bonchev–Trinajstić information content (AvgIpc) is 2.63. The molecule has 0 saturated heterocycles. The molecule has 0 aromatic heterocycles. The largest absolute Gasteiger partial charge is 0.341 e. The molecule has 0 aliphatic heterocycles. The highest BCUT2D eigenvalue weighted by Gasteiger charge is 2.24. The van der Waals surface area contributed by atoms with E-state index in [0.717, 1.165) is 29.7 Å². The predicted molar refractivity (Wildman–Crippen MR) is 101 cm³/mol. The van der Waals surface area contributed by atoms with Crippen LogP contribution in [0.5, 0.6) is 0 Å². The minimum atomic E-state index is -3.69. The Hall–Kier alpha value is -1.70. The predicted octanol–water partition coefficient (Wildman–Crippen LogP) is 5.21. The maximum absolute atomic E-state index is 12.7. The van der Waals surface area contributed by atoms with E-state index in [1.807, 2.05) is 49.4 Å². The molecule has 0 spiro atoms. The highest BCUT2D eigenvalue weighted by molar-refractivity contribution is 7.64. The molecule has 1 unspecified atom stereocenters. The smallest absolute Gasteiger partial charge is 0.325 e. The summed E-state index contributed by atoms with van der Waals surface area (Å²) >= 11 is 0. The minimum absolute atomic E-state index is 0.364. The van der Waals surface area contributed by atoms with E-state index in [2.05, 4.69) is 4.76 Å². The molecule has 4 heteroatoms. The normalized spacial score (nSPS) is 19.0. The Bertz CT molecular complexity index is 747. The van der Waals surface area contributed by atoms with Gasteiger partial charge in [-0.1, -0.05) is 61.7 Å². The van der Waals surface area contributed by atoms with Gasteiger partial charge in [0.05, 0.1) is 5.30 Å². The minimum Gasteiger partial charge on any atom is -0.325 e. The van der Waals surface area contributed by atoms with Gasteiger partial charge in [0.2, 0.25) is 0 Å². The van der Waals surface area contributed by atoms with Gasteiger partial charge in [0, 0.05) is 5.71 Å². The van der Waals surface area contributed by atoms with Crippen LogP contribution in [0.15, 0.2) is 59.4 Å². The van der Waals surface area contributed by atoms with E-state index in [1.54, 1.807) is 12.1 Å². The molecule has 0 amide bonds. The first-order valence-corrected chi connectivity index (χ1v) is 10.2. The van der Waals surface area contributed by atoms with Crippen molar-refractivity contribution in [3.63, 3.8) is 0 Å². The zero-order chi connectivity index (χ0) is 17.0. The number of benzene rings is 2. The lowest BCUT2D eigenvalue weighted by molar-refractivity contribution is 0.437. The van der Waals surface area contributed by atoms with Gasteiger partial charge in [0.15, 0.2) is 0 Å². The van der Waals surface area contributed by atoms with Crippen LogP contribution in [0.2, 0.25) is 0 Å². The maximum Gasteiger partial charge on any atom is 0.341 e. The molecule has 1 aliphatic rings. The topological polar surface area (TPSA) is 49.7 Å². The second-order valence-corrected chi connectivity index (χ2v) is 8.34. The third kappa shape index (κ3) is 4.03. The van der Waals surface area contributed by atoms with E-state index < -0.39 is 7.52 Å². The van der Waals surface area contributed by atoms with Crippen LogP contribution in [0, 0.1) is 5.92 Å². The number of rotatable bonds is 4. The van der Waals surface area contributed by atoms with Crippen LogP contribution >= 0.6 is 7.52 Å². The van der Waals surface area contributed by atoms with E-state index in [9.17, 15) is 9.46 Å². The number of hydrogen-bond acceptors (Lipinski definition) is 1. The summed E-state index contributed by atoms with van der Waals surface area (Å²) in [5.41, 5.74) is 2.96. The van der Waals surface area contributed by atoms with Crippen LogP contribution in [-0.2, 0) is 4.57 Å². The SMILES string of the molecule is CC(=NP(=O)(O)c1ccc(-c2ccccc2)cc1)C1CCCCC1. The first kappa shape index (κ1) is 17.1. The summed E-state index contributed by atoms with van der Waals surface area (Å²) in [6.07, 6.45) is 5.82. The third-order valence-corrected chi connectivity index (χ3v) is 6.36. The van der Waals surface area contributed by atoms with Gasteiger partial charge in [0.25, 0.3) is 0 Å². The first-order chi connectivity index (χ1) is 11.6. The van der Waals surface area contributed by atoms with Crippen LogP contribution in [0.1, 0.15) is 39.0 Å². The fourth-order valence-corrected chi connectivity index (χ4v) is 4.60.